The van der Waals surface area contributed by atoms with Crippen molar-refractivity contribution in [2.24, 2.45) is 5.41 Å². The van der Waals surface area contributed by atoms with Crippen LogP contribution in [-0.4, -0.2) is 40.4 Å². The molecule has 0 saturated carbocycles. The molecule has 0 spiro atoms. The Morgan fingerprint density at radius 1 is 1.29 bits per heavy atom. The lowest BCUT2D eigenvalue weighted by molar-refractivity contribution is -0.116. The molecule has 2 rings (SSSR count). The van der Waals surface area contributed by atoms with Crippen molar-refractivity contribution in [2.45, 2.75) is 58.7 Å². The van der Waals surface area contributed by atoms with Gasteiger partial charge in [0.05, 0.1) is 5.60 Å². The predicted octanol–water partition coefficient (Wildman–Crippen LogP) is 3.77. The minimum Gasteiger partial charge on any atom is -0.444 e. The van der Waals surface area contributed by atoms with E-state index in [0.717, 1.165) is 5.56 Å². The fourth-order valence-corrected chi connectivity index (χ4v) is 3.11. The maximum absolute atomic E-state index is 13.1. The number of carbonyl (C=O) groups is 1. The van der Waals surface area contributed by atoms with E-state index >= 15 is 0 Å². The first-order chi connectivity index (χ1) is 10.9. The molecule has 1 fully saturated rings. The summed E-state index contributed by atoms with van der Waals surface area (Å²) < 4.78 is 18.5. The van der Waals surface area contributed by atoms with Crippen LogP contribution in [0.3, 0.4) is 0 Å². The number of aliphatic hydroxyl groups is 1. The highest BCUT2D eigenvalue weighted by atomic mass is 19.1. The highest BCUT2D eigenvalue weighted by Gasteiger charge is 2.49. The second-order valence-corrected chi connectivity index (χ2v) is 8.37. The van der Waals surface area contributed by atoms with Gasteiger partial charge in [-0.2, -0.15) is 0 Å². The van der Waals surface area contributed by atoms with Crippen LogP contribution in [0.1, 0.15) is 46.6 Å². The third-order valence-corrected chi connectivity index (χ3v) is 4.70. The SMILES string of the molecule is CC(C)(C)OC(=O)N1CCC(O)(Cc2ccc(F)cc2)C(C)(C)C1. The third-order valence-electron chi connectivity index (χ3n) is 4.70. The summed E-state index contributed by atoms with van der Waals surface area (Å²) >= 11 is 0. The molecule has 4 nitrogen and oxygen atoms in total. The van der Waals surface area contributed by atoms with E-state index in [-0.39, 0.29) is 11.9 Å². The Morgan fingerprint density at radius 3 is 2.38 bits per heavy atom. The molecule has 5 heteroatoms. The number of hydrogen-bond acceptors (Lipinski definition) is 3. The van der Waals surface area contributed by atoms with E-state index in [0.29, 0.717) is 25.9 Å². The van der Waals surface area contributed by atoms with Crippen molar-refractivity contribution in [3.63, 3.8) is 0 Å². The van der Waals surface area contributed by atoms with Gasteiger partial charge in [-0.15, -0.1) is 0 Å². The largest absolute Gasteiger partial charge is 0.444 e. The molecule has 1 aromatic carbocycles. The minimum absolute atomic E-state index is 0.287. The monoisotopic (exact) mass is 337 g/mol. The van der Waals surface area contributed by atoms with Crippen molar-refractivity contribution < 1.29 is 19.0 Å². The van der Waals surface area contributed by atoms with E-state index < -0.39 is 16.6 Å². The average Bonchev–Trinajstić information content (AvgIpc) is 2.43. The van der Waals surface area contributed by atoms with Gasteiger partial charge in [0.25, 0.3) is 0 Å². The second kappa shape index (κ2) is 6.36. The second-order valence-electron chi connectivity index (χ2n) is 8.37. The van der Waals surface area contributed by atoms with Gasteiger partial charge in [0.2, 0.25) is 0 Å². The Hall–Kier alpha value is -1.62. The number of hydrogen-bond donors (Lipinski definition) is 1. The van der Waals surface area contributed by atoms with Crippen molar-refractivity contribution in [3.8, 4) is 0 Å². The quantitative estimate of drug-likeness (QED) is 0.894. The Bertz CT molecular complexity index is 592. The number of rotatable bonds is 2. The highest BCUT2D eigenvalue weighted by Crippen LogP contribution is 2.41. The standard InChI is InChI=1S/C19H28FNO3/c1-17(2,3)24-16(22)21-11-10-19(23,18(4,5)13-21)12-14-6-8-15(20)9-7-14/h6-9,23H,10-13H2,1-5H3. The van der Waals surface area contributed by atoms with E-state index in [9.17, 15) is 14.3 Å². The molecule has 1 atom stereocenters. The molecular formula is C19H28FNO3. The minimum atomic E-state index is -0.955. The number of carbonyl (C=O) groups excluding carboxylic acids is 1. The fraction of sp³-hybridized carbons (Fsp3) is 0.632. The lowest BCUT2D eigenvalue weighted by Crippen LogP contribution is -2.59. The molecule has 1 heterocycles. The molecule has 0 aromatic heterocycles. The van der Waals surface area contributed by atoms with Gasteiger partial charge >= 0.3 is 6.09 Å². The van der Waals surface area contributed by atoms with Gasteiger partial charge < -0.3 is 14.7 Å². The molecule has 1 unspecified atom stereocenters. The first kappa shape index (κ1) is 18.7. The molecule has 1 aliphatic rings. The topological polar surface area (TPSA) is 49.8 Å². The van der Waals surface area contributed by atoms with Crippen LogP contribution < -0.4 is 0 Å². The van der Waals surface area contributed by atoms with Crippen LogP contribution in [0.5, 0.6) is 0 Å². The van der Waals surface area contributed by atoms with Crippen molar-refractivity contribution in [1.82, 2.24) is 4.90 Å². The average molecular weight is 337 g/mol. The van der Waals surface area contributed by atoms with Crippen LogP contribution in [0.15, 0.2) is 24.3 Å². The van der Waals surface area contributed by atoms with Crippen LogP contribution in [0.25, 0.3) is 0 Å². The fourth-order valence-electron chi connectivity index (χ4n) is 3.11. The maximum atomic E-state index is 13.1. The number of ether oxygens (including phenoxy) is 1. The zero-order valence-corrected chi connectivity index (χ0v) is 15.2. The van der Waals surface area contributed by atoms with Gasteiger partial charge in [-0.1, -0.05) is 26.0 Å². The zero-order valence-electron chi connectivity index (χ0n) is 15.2. The van der Waals surface area contributed by atoms with Crippen LogP contribution >= 0.6 is 0 Å². The number of likely N-dealkylation sites (tertiary alicyclic amines) is 1. The number of amides is 1. The molecule has 1 N–H and O–H groups in total. The Morgan fingerprint density at radius 2 is 1.88 bits per heavy atom. The Labute approximate surface area is 143 Å². The highest BCUT2D eigenvalue weighted by molar-refractivity contribution is 5.68. The van der Waals surface area contributed by atoms with Crippen molar-refractivity contribution in [1.29, 1.82) is 0 Å². The van der Waals surface area contributed by atoms with Gasteiger partial charge in [-0.05, 0) is 44.9 Å². The maximum Gasteiger partial charge on any atom is 0.410 e. The first-order valence-electron chi connectivity index (χ1n) is 8.37. The van der Waals surface area contributed by atoms with Crippen molar-refractivity contribution in [2.75, 3.05) is 13.1 Å². The van der Waals surface area contributed by atoms with Crippen LogP contribution in [-0.2, 0) is 11.2 Å². The molecule has 134 valence electrons. The molecule has 1 amide bonds. The summed E-state index contributed by atoms with van der Waals surface area (Å²) in [7, 11) is 0. The molecule has 1 aliphatic heterocycles. The molecule has 0 radical (unpaired) electrons. The zero-order chi connectivity index (χ0) is 18.2. The first-order valence-corrected chi connectivity index (χ1v) is 8.37. The van der Waals surface area contributed by atoms with Gasteiger partial charge in [0.15, 0.2) is 0 Å². The van der Waals surface area contributed by atoms with E-state index in [1.807, 2.05) is 34.6 Å². The number of piperidine rings is 1. The summed E-state index contributed by atoms with van der Waals surface area (Å²) in [4.78, 5) is 13.9. The van der Waals surface area contributed by atoms with Crippen LogP contribution in [0.4, 0.5) is 9.18 Å². The normalized spacial score (nSPS) is 23.9. The molecule has 1 saturated heterocycles. The van der Waals surface area contributed by atoms with Gasteiger partial charge in [-0.25, -0.2) is 9.18 Å². The summed E-state index contributed by atoms with van der Waals surface area (Å²) in [6.07, 6.45) is 0.540. The number of benzene rings is 1. The van der Waals surface area contributed by atoms with Crippen molar-refractivity contribution >= 4 is 6.09 Å². The van der Waals surface area contributed by atoms with Crippen LogP contribution in [0, 0.1) is 11.2 Å². The van der Waals surface area contributed by atoms with Gasteiger partial charge in [0.1, 0.15) is 11.4 Å². The number of halogens is 1. The lowest BCUT2D eigenvalue weighted by atomic mass is 9.67. The molecule has 0 aliphatic carbocycles. The lowest BCUT2D eigenvalue weighted by Gasteiger charge is -2.50. The Kier molecular flexibility index (Phi) is 4.96. The van der Waals surface area contributed by atoms with Gasteiger partial charge in [0, 0.05) is 24.9 Å². The van der Waals surface area contributed by atoms with E-state index in [1.54, 1.807) is 17.0 Å². The van der Waals surface area contributed by atoms with Gasteiger partial charge in [-0.3, -0.25) is 0 Å². The van der Waals surface area contributed by atoms with E-state index in [2.05, 4.69) is 0 Å². The molecule has 0 bridgehead atoms. The molecule has 24 heavy (non-hydrogen) atoms. The van der Waals surface area contributed by atoms with Crippen LogP contribution in [0.2, 0.25) is 0 Å². The summed E-state index contributed by atoms with van der Waals surface area (Å²) in [5, 5.41) is 11.2. The van der Waals surface area contributed by atoms with E-state index in [4.69, 9.17) is 4.74 Å². The summed E-state index contributed by atoms with van der Waals surface area (Å²) in [6.45, 7) is 10.3. The number of nitrogens with zero attached hydrogens (tertiary/aromatic N) is 1. The third kappa shape index (κ3) is 4.26. The van der Waals surface area contributed by atoms with E-state index in [1.165, 1.54) is 12.1 Å². The Balaban J connectivity index is 2.09. The molecule has 1 aromatic rings. The van der Waals surface area contributed by atoms with Crippen molar-refractivity contribution in [3.05, 3.63) is 35.6 Å². The summed E-state index contributed by atoms with van der Waals surface area (Å²) in [6, 6.07) is 6.20. The summed E-state index contributed by atoms with van der Waals surface area (Å²) in [5.41, 5.74) is -1.11. The predicted molar refractivity (Wildman–Crippen MR) is 91.3 cm³/mol. The molecular weight excluding hydrogens is 309 g/mol. The smallest absolute Gasteiger partial charge is 0.410 e. The summed E-state index contributed by atoms with van der Waals surface area (Å²) in [5.74, 6) is -0.287.